The first-order valence-electron chi connectivity index (χ1n) is 7.21. The number of benzene rings is 1. The molecule has 2 nitrogen and oxygen atoms in total. The van der Waals surface area contributed by atoms with Crippen molar-refractivity contribution in [2.24, 2.45) is 5.92 Å². The average Bonchev–Trinajstić information content (AvgIpc) is 2.38. The summed E-state index contributed by atoms with van der Waals surface area (Å²) in [5, 5.41) is 13.7. The maximum Gasteiger partial charge on any atom is 0.119 e. The molecule has 98 valence electrons. The molecule has 2 N–H and O–H groups in total. The molecule has 1 aliphatic heterocycles. The van der Waals surface area contributed by atoms with Gasteiger partial charge in [0.05, 0.1) is 0 Å². The van der Waals surface area contributed by atoms with Crippen LogP contribution in [0.5, 0.6) is 5.75 Å². The van der Waals surface area contributed by atoms with E-state index >= 15 is 0 Å². The molecule has 0 saturated carbocycles. The first-order valence-corrected chi connectivity index (χ1v) is 7.21. The lowest BCUT2D eigenvalue weighted by molar-refractivity contribution is 0.134. The normalized spacial score (nSPS) is 34.8. The number of rotatable bonds is 1. The molecule has 0 spiro atoms. The van der Waals surface area contributed by atoms with Crippen molar-refractivity contribution in [3.05, 3.63) is 29.3 Å². The molecule has 0 radical (unpaired) electrons. The summed E-state index contributed by atoms with van der Waals surface area (Å²) in [5.41, 5.74) is 2.85. The van der Waals surface area contributed by atoms with Crippen molar-refractivity contribution < 1.29 is 5.11 Å². The summed E-state index contributed by atoms with van der Waals surface area (Å²) in [6.07, 6.45) is 4.62. The molecular weight excluding hydrogens is 222 g/mol. The largest absolute Gasteiger partial charge is 0.508 e. The highest BCUT2D eigenvalue weighted by Gasteiger charge is 2.46. The van der Waals surface area contributed by atoms with Crippen LogP contribution < -0.4 is 5.32 Å². The first kappa shape index (κ1) is 12.0. The molecule has 1 fully saturated rings. The van der Waals surface area contributed by atoms with Crippen LogP contribution in [0.2, 0.25) is 0 Å². The third-order valence-electron chi connectivity index (χ3n) is 5.27. The van der Waals surface area contributed by atoms with Crippen molar-refractivity contribution in [3.8, 4) is 5.75 Å². The Morgan fingerprint density at radius 3 is 3.06 bits per heavy atom. The second-order valence-corrected chi connectivity index (χ2v) is 6.08. The molecule has 2 aliphatic rings. The standard InChI is InChI=1S/C16H23NO/c1-3-14-13-8-7-11-12(5-4-6-15(11)18)16(13,2)9-10-17-14/h4-6,13-14,17-18H,3,7-10H2,1-2H3. The highest BCUT2D eigenvalue weighted by molar-refractivity contribution is 5.46. The van der Waals surface area contributed by atoms with Gasteiger partial charge in [-0.25, -0.2) is 0 Å². The van der Waals surface area contributed by atoms with E-state index in [4.69, 9.17) is 0 Å². The summed E-state index contributed by atoms with van der Waals surface area (Å²) in [4.78, 5) is 0. The van der Waals surface area contributed by atoms with Gasteiger partial charge >= 0.3 is 0 Å². The fourth-order valence-electron chi connectivity index (χ4n) is 4.24. The van der Waals surface area contributed by atoms with E-state index < -0.39 is 0 Å². The lowest BCUT2D eigenvalue weighted by Gasteiger charge is -2.50. The van der Waals surface area contributed by atoms with Crippen LogP contribution in [0.4, 0.5) is 0 Å². The molecule has 18 heavy (non-hydrogen) atoms. The summed E-state index contributed by atoms with van der Waals surface area (Å²) < 4.78 is 0. The lowest BCUT2D eigenvalue weighted by atomic mass is 9.58. The Kier molecular flexibility index (Phi) is 2.86. The SMILES string of the molecule is CCC1NCCC2(C)c3cccc(O)c3CCC12. The predicted octanol–water partition coefficient (Wildman–Crippen LogP) is 2.98. The van der Waals surface area contributed by atoms with Gasteiger partial charge in [-0.15, -0.1) is 0 Å². The van der Waals surface area contributed by atoms with Gasteiger partial charge in [-0.2, -0.15) is 0 Å². The Bertz CT molecular complexity index is 456. The topological polar surface area (TPSA) is 32.3 Å². The Morgan fingerprint density at radius 1 is 1.44 bits per heavy atom. The molecule has 1 aromatic carbocycles. The van der Waals surface area contributed by atoms with Crippen LogP contribution in [0.3, 0.4) is 0 Å². The second-order valence-electron chi connectivity index (χ2n) is 6.08. The van der Waals surface area contributed by atoms with E-state index in [1.54, 1.807) is 0 Å². The summed E-state index contributed by atoms with van der Waals surface area (Å²) in [6.45, 7) is 5.78. The maximum absolute atomic E-state index is 10.1. The first-order chi connectivity index (χ1) is 8.66. The molecule has 0 bridgehead atoms. The molecule has 3 unspecified atom stereocenters. The minimum absolute atomic E-state index is 0.248. The minimum atomic E-state index is 0.248. The monoisotopic (exact) mass is 245 g/mol. The average molecular weight is 245 g/mol. The fraction of sp³-hybridized carbons (Fsp3) is 0.625. The zero-order valence-electron chi connectivity index (χ0n) is 11.4. The second kappa shape index (κ2) is 4.27. The van der Waals surface area contributed by atoms with Crippen molar-refractivity contribution in [2.45, 2.75) is 51.0 Å². The summed E-state index contributed by atoms with van der Waals surface area (Å²) >= 11 is 0. The highest BCUT2D eigenvalue weighted by atomic mass is 16.3. The molecular formula is C16H23NO. The van der Waals surface area contributed by atoms with Gasteiger partial charge in [0, 0.05) is 6.04 Å². The van der Waals surface area contributed by atoms with Crippen molar-refractivity contribution in [3.63, 3.8) is 0 Å². The maximum atomic E-state index is 10.1. The zero-order valence-corrected chi connectivity index (χ0v) is 11.4. The summed E-state index contributed by atoms with van der Waals surface area (Å²) in [5.74, 6) is 1.21. The number of piperidine rings is 1. The Morgan fingerprint density at radius 2 is 2.28 bits per heavy atom. The van der Waals surface area contributed by atoms with Crippen molar-refractivity contribution in [1.29, 1.82) is 0 Å². The van der Waals surface area contributed by atoms with Gasteiger partial charge in [0.2, 0.25) is 0 Å². The number of hydrogen-bond acceptors (Lipinski definition) is 2. The lowest BCUT2D eigenvalue weighted by Crippen LogP contribution is -2.54. The molecule has 2 heteroatoms. The predicted molar refractivity (Wildman–Crippen MR) is 74.0 cm³/mol. The van der Waals surface area contributed by atoms with Gasteiger partial charge in [-0.3, -0.25) is 0 Å². The van der Waals surface area contributed by atoms with E-state index in [9.17, 15) is 5.11 Å². The number of hydrogen-bond donors (Lipinski definition) is 2. The Balaban J connectivity index is 2.08. The van der Waals surface area contributed by atoms with Crippen LogP contribution in [0, 0.1) is 5.92 Å². The van der Waals surface area contributed by atoms with Crippen molar-refractivity contribution >= 4 is 0 Å². The van der Waals surface area contributed by atoms with Crippen LogP contribution >= 0.6 is 0 Å². The van der Waals surface area contributed by atoms with E-state index in [2.05, 4.69) is 25.2 Å². The molecule has 3 atom stereocenters. The summed E-state index contributed by atoms with van der Waals surface area (Å²) in [6, 6.07) is 6.71. The highest BCUT2D eigenvalue weighted by Crippen LogP contribution is 2.49. The van der Waals surface area contributed by atoms with E-state index in [-0.39, 0.29) is 5.41 Å². The number of phenols is 1. The van der Waals surface area contributed by atoms with E-state index in [0.29, 0.717) is 17.7 Å². The third kappa shape index (κ3) is 1.58. The zero-order chi connectivity index (χ0) is 12.8. The number of phenolic OH excluding ortho intramolecular Hbond substituents is 1. The van der Waals surface area contributed by atoms with Gasteiger partial charge in [0.15, 0.2) is 0 Å². The van der Waals surface area contributed by atoms with Crippen LogP contribution in [0.25, 0.3) is 0 Å². The molecule has 0 amide bonds. The minimum Gasteiger partial charge on any atom is -0.508 e. The van der Waals surface area contributed by atoms with E-state index in [1.807, 2.05) is 12.1 Å². The van der Waals surface area contributed by atoms with Crippen molar-refractivity contribution in [2.75, 3.05) is 6.54 Å². The van der Waals surface area contributed by atoms with Gasteiger partial charge in [-0.1, -0.05) is 26.0 Å². The van der Waals surface area contributed by atoms with Crippen LogP contribution in [0.15, 0.2) is 18.2 Å². The van der Waals surface area contributed by atoms with Crippen LogP contribution in [-0.2, 0) is 11.8 Å². The Hall–Kier alpha value is -1.02. The van der Waals surface area contributed by atoms with Gasteiger partial charge in [0.25, 0.3) is 0 Å². The number of nitrogens with one attached hydrogen (secondary N) is 1. The smallest absolute Gasteiger partial charge is 0.119 e. The van der Waals surface area contributed by atoms with Gasteiger partial charge in [-0.05, 0) is 60.8 Å². The van der Waals surface area contributed by atoms with Crippen LogP contribution in [0.1, 0.15) is 44.2 Å². The van der Waals surface area contributed by atoms with Gasteiger partial charge < -0.3 is 10.4 Å². The fourth-order valence-corrected chi connectivity index (χ4v) is 4.24. The number of fused-ring (bicyclic) bond motifs is 3. The molecule has 0 aromatic heterocycles. The number of aromatic hydroxyl groups is 1. The third-order valence-corrected chi connectivity index (χ3v) is 5.27. The molecule has 1 aromatic rings. The molecule has 3 rings (SSSR count). The van der Waals surface area contributed by atoms with E-state index in [1.165, 1.54) is 30.4 Å². The van der Waals surface area contributed by atoms with Crippen molar-refractivity contribution in [1.82, 2.24) is 5.32 Å². The Labute approximate surface area is 109 Å². The summed E-state index contributed by atoms with van der Waals surface area (Å²) in [7, 11) is 0. The van der Waals surface area contributed by atoms with Gasteiger partial charge in [0.1, 0.15) is 5.75 Å². The molecule has 1 saturated heterocycles. The molecule has 1 heterocycles. The van der Waals surface area contributed by atoms with Crippen LogP contribution in [-0.4, -0.2) is 17.7 Å². The quantitative estimate of drug-likeness (QED) is 0.797. The van der Waals surface area contributed by atoms with E-state index in [0.717, 1.165) is 13.0 Å². The molecule has 1 aliphatic carbocycles.